The van der Waals surface area contributed by atoms with Crippen molar-refractivity contribution in [1.29, 1.82) is 0 Å². The summed E-state index contributed by atoms with van der Waals surface area (Å²) in [5.41, 5.74) is 0.694. The Balaban J connectivity index is 2.00. The fraction of sp³-hybridized carbons (Fsp3) is 0.0500. The van der Waals surface area contributed by atoms with Crippen molar-refractivity contribution in [3.05, 3.63) is 65.7 Å². The number of rotatable bonds is 4. The van der Waals surface area contributed by atoms with Crippen LogP contribution in [0.3, 0.4) is 0 Å². The van der Waals surface area contributed by atoms with E-state index in [1.165, 1.54) is 6.08 Å². The zero-order valence-electron chi connectivity index (χ0n) is 13.6. The predicted octanol–water partition coefficient (Wildman–Crippen LogP) is 2.37. The lowest BCUT2D eigenvalue weighted by atomic mass is 10.1. The highest BCUT2D eigenvalue weighted by Gasteiger charge is 2.36. The summed E-state index contributed by atoms with van der Waals surface area (Å²) in [7, 11) is 0. The minimum absolute atomic E-state index is 0.0506. The molecule has 1 fully saturated rings. The molecule has 1 aliphatic rings. The summed E-state index contributed by atoms with van der Waals surface area (Å²) in [6, 6.07) is 14.4. The number of benzene rings is 2. The van der Waals surface area contributed by atoms with E-state index >= 15 is 0 Å². The van der Waals surface area contributed by atoms with Gasteiger partial charge in [-0.15, -0.1) is 6.42 Å². The van der Waals surface area contributed by atoms with Gasteiger partial charge in [0.1, 0.15) is 17.9 Å². The van der Waals surface area contributed by atoms with Crippen LogP contribution in [0.2, 0.25) is 0 Å². The molecule has 0 spiro atoms. The molecule has 0 aliphatic carbocycles. The van der Waals surface area contributed by atoms with E-state index in [4.69, 9.17) is 11.2 Å². The molecule has 0 radical (unpaired) electrons. The van der Waals surface area contributed by atoms with Gasteiger partial charge in [0.05, 0.1) is 5.69 Å². The smallest absolute Gasteiger partial charge is 0.335 e. The van der Waals surface area contributed by atoms with Crippen molar-refractivity contribution in [2.45, 2.75) is 0 Å². The number of amides is 4. The first-order valence-corrected chi connectivity index (χ1v) is 7.73. The number of ether oxygens (including phenoxy) is 1. The summed E-state index contributed by atoms with van der Waals surface area (Å²) in [4.78, 5) is 38.0. The van der Waals surface area contributed by atoms with Crippen molar-refractivity contribution < 1.29 is 19.1 Å². The molecule has 0 aromatic heterocycles. The van der Waals surface area contributed by atoms with Gasteiger partial charge >= 0.3 is 6.03 Å². The number of hydrogen-bond donors (Lipinski definition) is 1. The van der Waals surface area contributed by atoms with E-state index in [0.29, 0.717) is 17.0 Å². The van der Waals surface area contributed by atoms with E-state index in [0.717, 1.165) is 4.90 Å². The molecule has 0 saturated carbocycles. The summed E-state index contributed by atoms with van der Waals surface area (Å²) in [6.45, 7) is 0.0506. The predicted molar refractivity (Wildman–Crippen MR) is 96.2 cm³/mol. The first kappa shape index (κ1) is 17.0. The Labute approximate surface area is 150 Å². The summed E-state index contributed by atoms with van der Waals surface area (Å²) < 4.78 is 5.43. The Kier molecular flexibility index (Phi) is 4.81. The molecule has 0 atom stereocenters. The molecule has 1 aliphatic heterocycles. The molecule has 26 heavy (non-hydrogen) atoms. The number of carbonyl (C=O) groups excluding carboxylic acids is 3. The van der Waals surface area contributed by atoms with Crippen molar-refractivity contribution in [1.82, 2.24) is 5.32 Å². The van der Waals surface area contributed by atoms with Gasteiger partial charge in [0.25, 0.3) is 11.8 Å². The SMILES string of the molecule is C#CCOc1ccccc1/C=C1\C(=O)NC(=O)N(c2ccccc2)C1=O. The highest BCUT2D eigenvalue weighted by molar-refractivity contribution is 6.39. The molecular formula is C20H14N2O4. The Morgan fingerprint density at radius 2 is 1.73 bits per heavy atom. The number of anilines is 1. The molecule has 6 nitrogen and oxygen atoms in total. The Morgan fingerprint density at radius 3 is 2.46 bits per heavy atom. The van der Waals surface area contributed by atoms with Crippen molar-refractivity contribution in [2.75, 3.05) is 11.5 Å². The molecule has 3 rings (SSSR count). The van der Waals surface area contributed by atoms with Crippen molar-refractivity contribution in [3.8, 4) is 18.1 Å². The van der Waals surface area contributed by atoms with Crippen LogP contribution in [0.4, 0.5) is 10.5 Å². The maximum absolute atomic E-state index is 12.8. The van der Waals surface area contributed by atoms with Gasteiger partial charge in [-0.05, 0) is 24.3 Å². The van der Waals surface area contributed by atoms with Crippen LogP contribution < -0.4 is 15.0 Å². The number of carbonyl (C=O) groups is 3. The number of hydrogen-bond acceptors (Lipinski definition) is 4. The van der Waals surface area contributed by atoms with Gasteiger partial charge in [-0.25, -0.2) is 9.69 Å². The van der Waals surface area contributed by atoms with Gasteiger partial charge in [0.15, 0.2) is 0 Å². The largest absolute Gasteiger partial charge is 0.480 e. The Hall–Kier alpha value is -3.85. The fourth-order valence-electron chi connectivity index (χ4n) is 2.48. The molecule has 1 heterocycles. The number of nitrogens with zero attached hydrogens (tertiary/aromatic N) is 1. The second-order valence-electron chi connectivity index (χ2n) is 5.32. The second kappa shape index (κ2) is 7.36. The molecule has 6 heteroatoms. The van der Waals surface area contributed by atoms with Gasteiger partial charge in [-0.1, -0.05) is 42.3 Å². The van der Waals surface area contributed by atoms with Gasteiger partial charge in [0, 0.05) is 5.56 Å². The number of terminal acetylenes is 1. The topological polar surface area (TPSA) is 75.7 Å². The fourth-order valence-corrected chi connectivity index (χ4v) is 2.48. The van der Waals surface area contributed by atoms with E-state index < -0.39 is 17.8 Å². The lowest BCUT2D eigenvalue weighted by molar-refractivity contribution is -0.122. The molecular weight excluding hydrogens is 332 g/mol. The van der Waals surface area contributed by atoms with E-state index in [1.54, 1.807) is 54.6 Å². The normalized spacial score (nSPS) is 15.6. The molecule has 0 unspecified atom stereocenters. The molecule has 128 valence electrons. The number of barbiturate groups is 1. The summed E-state index contributed by atoms with van der Waals surface area (Å²) in [6.07, 6.45) is 6.58. The zero-order chi connectivity index (χ0) is 18.5. The van der Waals surface area contributed by atoms with Gasteiger partial charge in [-0.2, -0.15) is 0 Å². The van der Waals surface area contributed by atoms with Gasteiger partial charge in [0.2, 0.25) is 0 Å². The van der Waals surface area contributed by atoms with Crippen LogP contribution in [0.25, 0.3) is 6.08 Å². The molecule has 2 aromatic carbocycles. The molecule has 2 aromatic rings. The third kappa shape index (κ3) is 3.32. The highest BCUT2D eigenvalue weighted by Crippen LogP contribution is 2.25. The number of urea groups is 1. The third-order valence-corrected chi connectivity index (χ3v) is 3.65. The van der Waals surface area contributed by atoms with E-state index in [-0.39, 0.29) is 12.2 Å². The average Bonchev–Trinajstić information content (AvgIpc) is 2.65. The number of nitrogens with one attached hydrogen (secondary N) is 1. The summed E-state index contributed by atoms with van der Waals surface area (Å²) in [5, 5.41) is 2.18. The highest BCUT2D eigenvalue weighted by atomic mass is 16.5. The quantitative estimate of drug-likeness (QED) is 0.524. The van der Waals surface area contributed by atoms with Gasteiger partial charge < -0.3 is 4.74 Å². The monoisotopic (exact) mass is 346 g/mol. The molecule has 1 saturated heterocycles. The lowest BCUT2D eigenvalue weighted by Crippen LogP contribution is -2.54. The summed E-state index contributed by atoms with van der Waals surface area (Å²) >= 11 is 0. The van der Waals surface area contributed by atoms with E-state index in [2.05, 4.69) is 11.2 Å². The van der Waals surface area contributed by atoms with Crippen molar-refractivity contribution in [3.63, 3.8) is 0 Å². The Bertz CT molecular complexity index is 942. The van der Waals surface area contributed by atoms with Crippen LogP contribution >= 0.6 is 0 Å². The third-order valence-electron chi connectivity index (χ3n) is 3.65. The standard InChI is InChI=1S/C20H14N2O4/c1-2-12-26-17-11-7-6-8-14(17)13-16-18(23)21-20(25)22(19(16)24)15-9-4-3-5-10-15/h1,3-11,13H,12H2,(H,21,23,25)/b16-13+. The molecule has 4 amide bonds. The van der Waals surface area contributed by atoms with Crippen LogP contribution in [0.5, 0.6) is 5.75 Å². The van der Waals surface area contributed by atoms with E-state index in [1.807, 2.05) is 0 Å². The maximum atomic E-state index is 12.8. The molecule has 1 N–H and O–H groups in total. The van der Waals surface area contributed by atoms with Gasteiger partial charge in [-0.3, -0.25) is 14.9 Å². The minimum atomic E-state index is -0.791. The number of para-hydroxylation sites is 2. The Morgan fingerprint density at radius 1 is 1.04 bits per heavy atom. The first-order valence-electron chi connectivity index (χ1n) is 7.73. The average molecular weight is 346 g/mol. The first-order chi connectivity index (χ1) is 12.6. The summed E-state index contributed by atoms with van der Waals surface area (Å²) in [5.74, 6) is 1.31. The van der Waals surface area contributed by atoms with Crippen LogP contribution in [-0.2, 0) is 9.59 Å². The molecule has 0 bridgehead atoms. The van der Waals surface area contributed by atoms with Crippen molar-refractivity contribution in [2.24, 2.45) is 0 Å². The van der Waals surface area contributed by atoms with Crippen LogP contribution in [0, 0.1) is 12.3 Å². The van der Waals surface area contributed by atoms with Crippen molar-refractivity contribution >= 4 is 29.6 Å². The van der Waals surface area contributed by atoms with E-state index in [9.17, 15) is 14.4 Å². The van der Waals surface area contributed by atoms with Crippen LogP contribution in [0.1, 0.15) is 5.56 Å². The maximum Gasteiger partial charge on any atom is 0.335 e. The van der Waals surface area contributed by atoms with Crippen LogP contribution in [0.15, 0.2) is 60.2 Å². The zero-order valence-corrected chi connectivity index (χ0v) is 13.6. The minimum Gasteiger partial charge on any atom is -0.480 e. The van der Waals surface area contributed by atoms with Crippen LogP contribution in [-0.4, -0.2) is 24.5 Å². The second-order valence-corrected chi connectivity index (χ2v) is 5.32. The lowest BCUT2D eigenvalue weighted by Gasteiger charge is -2.26. The number of imide groups is 2.